The Morgan fingerprint density at radius 1 is 0.941 bits per heavy atom. The number of hydrogen-bond donors (Lipinski definition) is 3. The number of fused-ring (bicyclic) bond motifs is 3. The third-order valence-corrected chi connectivity index (χ3v) is 7.10. The van der Waals surface area contributed by atoms with E-state index in [9.17, 15) is 14.4 Å². The van der Waals surface area contributed by atoms with Crippen LogP contribution >= 0.6 is 0 Å². The van der Waals surface area contributed by atoms with Crippen LogP contribution < -0.4 is 10.6 Å². The van der Waals surface area contributed by atoms with Crippen LogP contribution in [0, 0.1) is 17.8 Å². The largest absolute Gasteiger partial charge is 0.481 e. The molecular formula is C26H28N2O6. The zero-order valence-electron chi connectivity index (χ0n) is 18.7. The molecule has 34 heavy (non-hydrogen) atoms. The van der Waals surface area contributed by atoms with Crippen LogP contribution in [-0.2, 0) is 19.1 Å². The number of rotatable bonds is 8. The molecule has 2 aromatic rings. The Labute approximate surface area is 197 Å². The Hall–Kier alpha value is -3.39. The lowest BCUT2D eigenvalue weighted by atomic mass is 9.98. The molecule has 2 amide bonds. The van der Waals surface area contributed by atoms with E-state index in [4.69, 9.17) is 14.6 Å². The van der Waals surface area contributed by atoms with E-state index in [0.717, 1.165) is 11.1 Å². The lowest BCUT2D eigenvalue weighted by Gasteiger charge is -2.19. The van der Waals surface area contributed by atoms with Gasteiger partial charge in [-0.05, 0) is 41.0 Å². The molecule has 8 heteroatoms. The first-order valence-corrected chi connectivity index (χ1v) is 11.7. The SMILES string of the molecule is O=C(NCC1CCOC1C(=O)NCC1CC1C(=O)O)OCC1c2ccccc2-c2ccccc21. The summed E-state index contributed by atoms with van der Waals surface area (Å²) >= 11 is 0. The van der Waals surface area contributed by atoms with Crippen molar-refractivity contribution in [3.8, 4) is 11.1 Å². The molecule has 5 rings (SSSR count). The van der Waals surface area contributed by atoms with Crippen LogP contribution in [0.2, 0.25) is 0 Å². The fourth-order valence-electron chi connectivity index (χ4n) is 5.10. The molecule has 1 saturated carbocycles. The van der Waals surface area contributed by atoms with Crippen LogP contribution in [0.3, 0.4) is 0 Å². The summed E-state index contributed by atoms with van der Waals surface area (Å²) in [6.45, 7) is 1.28. The van der Waals surface area contributed by atoms with E-state index in [2.05, 4.69) is 34.9 Å². The zero-order chi connectivity index (χ0) is 23.7. The van der Waals surface area contributed by atoms with Gasteiger partial charge in [-0.25, -0.2) is 4.79 Å². The molecule has 1 heterocycles. The van der Waals surface area contributed by atoms with Crippen molar-refractivity contribution in [3.63, 3.8) is 0 Å². The van der Waals surface area contributed by atoms with Gasteiger partial charge in [-0.1, -0.05) is 48.5 Å². The standard InChI is InChI=1S/C26H28N2O6/c29-24(27-13-16-11-21(16)25(30)31)23-15(9-10-33-23)12-28-26(32)34-14-22-19-7-3-1-5-17(19)18-6-2-4-8-20(18)22/h1-8,15-16,21-23H,9-14H2,(H,27,29)(H,28,32)(H,30,31). The van der Waals surface area contributed by atoms with Gasteiger partial charge in [0, 0.05) is 31.5 Å². The van der Waals surface area contributed by atoms with Gasteiger partial charge in [0.1, 0.15) is 12.7 Å². The number of aliphatic carboxylic acids is 1. The van der Waals surface area contributed by atoms with E-state index in [1.165, 1.54) is 11.1 Å². The maximum absolute atomic E-state index is 12.5. The fourth-order valence-corrected chi connectivity index (χ4v) is 5.10. The first kappa shape index (κ1) is 22.4. The average Bonchev–Trinajstić information content (AvgIpc) is 3.36. The number of amides is 2. The molecule has 0 radical (unpaired) electrons. The molecule has 2 aromatic carbocycles. The Bertz CT molecular complexity index is 1060. The van der Waals surface area contributed by atoms with Crippen molar-refractivity contribution >= 4 is 18.0 Å². The van der Waals surface area contributed by atoms with Crippen LogP contribution in [0.5, 0.6) is 0 Å². The van der Waals surface area contributed by atoms with Crippen molar-refractivity contribution in [2.45, 2.75) is 24.9 Å². The summed E-state index contributed by atoms with van der Waals surface area (Å²) in [4.78, 5) is 35.9. The molecule has 0 aromatic heterocycles. The van der Waals surface area contributed by atoms with E-state index in [1.807, 2.05) is 24.3 Å². The van der Waals surface area contributed by atoms with Gasteiger partial charge in [-0.3, -0.25) is 9.59 Å². The Balaban J connectivity index is 1.10. The fraction of sp³-hybridized carbons (Fsp3) is 0.423. The van der Waals surface area contributed by atoms with Crippen molar-refractivity contribution in [3.05, 3.63) is 59.7 Å². The third kappa shape index (κ3) is 4.50. The molecular weight excluding hydrogens is 436 g/mol. The van der Waals surface area contributed by atoms with Crippen molar-refractivity contribution in [2.75, 3.05) is 26.3 Å². The number of nitrogens with one attached hydrogen (secondary N) is 2. The number of carboxylic acids is 1. The van der Waals surface area contributed by atoms with E-state index in [1.54, 1.807) is 0 Å². The second-order valence-corrected chi connectivity index (χ2v) is 9.23. The lowest BCUT2D eigenvalue weighted by Crippen LogP contribution is -2.43. The Morgan fingerprint density at radius 3 is 2.24 bits per heavy atom. The van der Waals surface area contributed by atoms with Gasteiger partial charge >= 0.3 is 12.1 Å². The maximum Gasteiger partial charge on any atom is 0.407 e. The summed E-state index contributed by atoms with van der Waals surface area (Å²) in [7, 11) is 0. The van der Waals surface area contributed by atoms with Gasteiger partial charge < -0.3 is 25.2 Å². The predicted molar refractivity (Wildman–Crippen MR) is 123 cm³/mol. The molecule has 2 fully saturated rings. The number of alkyl carbamates (subject to hydrolysis) is 1. The summed E-state index contributed by atoms with van der Waals surface area (Å²) in [6, 6.07) is 16.3. The lowest BCUT2D eigenvalue weighted by molar-refractivity contribution is -0.139. The number of benzene rings is 2. The molecule has 4 atom stereocenters. The first-order chi connectivity index (χ1) is 16.5. The number of hydrogen-bond acceptors (Lipinski definition) is 5. The highest BCUT2D eigenvalue weighted by molar-refractivity contribution is 5.82. The molecule has 3 N–H and O–H groups in total. The van der Waals surface area contributed by atoms with Crippen LogP contribution in [0.1, 0.15) is 29.9 Å². The van der Waals surface area contributed by atoms with Crippen LogP contribution in [0.4, 0.5) is 4.79 Å². The minimum absolute atomic E-state index is 0.0106. The monoisotopic (exact) mass is 464 g/mol. The van der Waals surface area contributed by atoms with Crippen LogP contribution in [-0.4, -0.2) is 55.5 Å². The number of carbonyl (C=O) groups excluding carboxylic acids is 2. The van der Waals surface area contributed by atoms with Gasteiger partial charge in [0.15, 0.2) is 0 Å². The highest BCUT2D eigenvalue weighted by Crippen LogP contribution is 2.44. The summed E-state index contributed by atoms with van der Waals surface area (Å²) in [5.41, 5.74) is 4.64. The topological polar surface area (TPSA) is 114 Å². The molecule has 1 saturated heterocycles. The highest BCUT2D eigenvalue weighted by Gasteiger charge is 2.44. The van der Waals surface area contributed by atoms with Crippen LogP contribution in [0.15, 0.2) is 48.5 Å². The molecule has 0 bridgehead atoms. The molecule has 4 unspecified atom stereocenters. The third-order valence-electron chi connectivity index (χ3n) is 7.10. The molecule has 8 nitrogen and oxygen atoms in total. The molecule has 2 aliphatic carbocycles. The van der Waals surface area contributed by atoms with Gasteiger partial charge in [0.2, 0.25) is 5.91 Å². The van der Waals surface area contributed by atoms with Gasteiger partial charge in [0.25, 0.3) is 0 Å². The molecule has 1 aliphatic heterocycles. The summed E-state index contributed by atoms with van der Waals surface area (Å²) in [6.07, 6.45) is 0.0720. The van der Waals surface area contributed by atoms with E-state index in [-0.39, 0.29) is 42.7 Å². The van der Waals surface area contributed by atoms with Crippen molar-refractivity contribution in [1.29, 1.82) is 0 Å². The normalized spacial score (nSPS) is 24.7. The average molecular weight is 465 g/mol. The quantitative estimate of drug-likeness (QED) is 0.554. The maximum atomic E-state index is 12.5. The number of ether oxygens (including phenoxy) is 2. The van der Waals surface area contributed by atoms with Crippen molar-refractivity contribution < 1.29 is 29.0 Å². The zero-order valence-corrected chi connectivity index (χ0v) is 18.7. The minimum atomic E-state index is -0.818. The summed E-state index contributed by atoms with van der Waals surface area (Å²) < 4.78 is 11.2. The highest BCUT2D eigenvalue weighted by atomic mass is 16.5. The Kier molecular flexibility index (Phi) is 6.24. The molecule has 3 aliphatic rings. The number of carboxylic acid groups (broad SMARTS) is 1. The Morgan fingerprint density at radius 2 is 1.59 bits per heavy atom. The summed E-state index contributed by atoms with van der Waals surface area (Å²) in [5.74, 6) is -1.62. The van der Waals surface area contributed by atoms with E-state index in [0.29, 0.717) is 26.0 Å². The predicted octanol–water partition coefficient (Wildman–Crippen LogP) is 2.77. The smallest absolute Gasteiger partial charge is 0.407 e. The second kappa shape index (κ2) is 9.46. The summed E-state index contributed by atoms with van der Waals surface area (Å²) in [5, 5.41) is 14.6. The van der Waals surface area contributed by atoms with E-state index < -0.39 is 18.2 Å². The molecule has 178 valence electrons. The van der Waals surface area contributed by atoms with Gasteiger partial charge in [0.05, 0.1) is 5.92 Å². The molecule has 0 spiro atoms. The van der Waals surface area contributed by atoms with Gasteiger partial charge in [-0.15, -0.1) is 0 Å². The second-order valence-electron chi connectivity index (χ2n) is 9.23. The van der Waals surface area contributed by atoms with Gasteiger partial charge in [-0.2, -0.15) is 0 Å². The minimum Gasteiger partial charge on any atom is -0.481 e. The number of carbonyl (C=O) groups is 3. The first-order valence-electron chi connectivity index (χ1n) is 11.7. The van der Waals surface area contributed by atoms with Crippen molar-refractivity contribution in [1.82, 2.24) is 10.6 Å². The van der Waals surface area contributed by atoms with E-state index >= 15 is 0 Å². The van der Waals surface area contributed by atoms with Crippen LogP contribution in [0.25, 0.3) is 11.1 Å². The van der Waals surface area contributed by atoms with Crippen molar-refractivity contribution in [2.24, 2.45) is 17.8 Å².